The van der Waals surface area contributed by atoms with Crippen molar-refractivity contribution in [2.75, 3.05) is 25.6 Å². The van der Waals surface area contributed by atoms with Crippen molar-refractivity contribution in [1.82, 2.24) is 15.6 Å². The van der Waals surface area contributed by atoms with E-state index < -0.39 is 59.7 Å². The van der Waals surface area contributed by atoms with E-state index in [1.165, 1.54) is 68.6 Å². The second-order valence-corrected chi connectivity index (χ2v) is 15.5. The second kappa shape index (κ2) is 21.1. The Labute approximate surface area is 354 Å². The van der Waals surface area contributed by atoms with Crippen LogP contribution in [-0.4, -0.2) is 90.0 Å². The molecule has 2 aromatic carbocycles. The third-order valence-electron chi connectivity index (χ3n) is 8.91. The van der Waals surface area contributed by atoms with E-state index >= 15 is 0 Å². The fourth-order valence-electron chi connectivity index (χ4n) is 5.54. The third-order valence-corrected chi connectivity index (χ3v) is 8.91. The molecule has 3 amide bonds. The van der Waals surface area contributed by atoms with E-state index in [1.807, 2.05) is 0 Å². The van der Waals surface area contributed by atoms with E-state index in [9.17, 15) is 33.9 Å². The van der Waals surface area contributed by atoms with Gasteiger partial charge >= 0.3 is 24.0 Å². The molecule has 2 unspecified atom stereocenters. The number of aliphatic hydroxyl groups is 1. The van der Waals surface area contributed by atoms with Crippen molar-refractivity contribution in [1.29, 1.82) is 5.41 Å². The number of alkyl carbamates (subject to hydrolysis) is 1. The number of aromatic nitrogens is 1. The number of aliphatic hydroxyl groups excluding tert-OH is 1. The Bertz CT molecular complexity index is 2140. The molecule has 3 aromatic rings. The summed E-state index contributed by atoms with van der Waals surface area (Å²) in [5, 5.41) is 26.2. The summed E-state index contributed by atoms with van der Waals surface area (Å²) in [5.41, 5.74) is 0.189. The molecule has 5 N–H and O–H groups in total. The van der Waals surface area contributed by atoms with Gasteiger partial charge in [-0.3, -0.25) is 25.1 Å². The maximum Gasteiger partial charge on any atom is 0.412 e. The van der Waals surface area contributed by atoms with Crippen LogP contribution in [0.25, 0.3) is 17.2 Å². The summed E-state index contributed by atoms with van der Waals surface area (Å²) in [5.74, 6) is -3.66. The molecule has 1 aliphatic rings. The zero-order valence-corrected chi connectivity index (χ0v) is 35.3. The molecule has 0 aliphatic heterocycles. The van der Waals surface area contributed by atoms with Gasteiger partial charge in [0.05, 0.1) is 19.6 Å². The number of hydrogen-bond donors (Lipinski definition) is 5. The number of carbonyl (C=O) groups excluding carboxylic acids is 6. The number of pyridine rings is 1. The Balaban J connectivity index is 1.53. The van der Waals surface area contributed by atoms with E-state index in [2.05, 4.69) is 27.5 Å². The first kappa shape index (κ1) is 47.1. The molecule has 0 bridgehead atoms. The number of ether oxygens (including phenoxy) is 5. The van der Waals surface area contributed by atoms with Gasteiger partial charge in [0.1, 0.15) is 22.9 Å². The van der Waals surface area contributed by atoms with Crippen molar-refractivity contribution in [3.05, 3.63) is 83.2 Å². The van der Waals surface area contributed by atoms with Gasteiger partial charge in [-0.25, -0.2) is 19.4 Å². The van der Waals surface area contributed by atoms with E-state index in [4.69, 9.17) is 29.1 Å². The van der Waals surface area contributed by atoms with Crippen LogP contribution in [-0.2, 0) is 28.5 Å². The van der Waals surface area contributed by atoms with Gasteiger partial charge in [0.2, 0.25) is 6.29 Å². The van der Waals surface area contributed by atoms with Gasteiger partial charge in [-0.15, -0.1) is 0 Å². The molecule has 1 fully saturated rings. The molecule has 61 heavy (non-hydrogen) atoms. The number of benzene rings is 2. The molecule has 17 heteroatoms. The molecule has 0 saturated heterocycles. The largest absolute Gasteiger partial charge is 0.496 e. The van der Waals surface area contributed by atoms with Gasteiger partial charge in [0.25, 0.3) is 11.8 Å². The maximum absolute atomic E-state index is 14.1. The lowest BCUT2D eigenvalue weighted by Gasteiger charge is -2.21. The number of amidine groups is 1. The molecule has 4 rings (SSSR count). The van der Waals surface area contributed by atoms with E-state index in [0.29, 0.717) is 29.5 Å². The standard InChI is InChI=1S/C44H53N5O12/c1-9-27-21-32(38(51)47-29-16-14-28(15-17-29)37(45)49-43(56)58-20-10-11-34(50)41(54)61-44(5,6)7)31(22-35(27)57-8)30-18-19-33(39(52)46-23-26-12-13-26)48-36(30)42(55)60-25(4)59-40(53)24(2)3/h9,14-19,21-22,24-26,34,50H,1,10-13,20,23H2,2-8H3,(H,46,52)(H,47,51)(H2,45,49,56). The van der Waals surface area contributed by atoms with Gasteiger partial charge in [0.15, 0.2) is 11.8 Å². The van der Waals surface area contributed by atoms with Crippen molar-refractivity contribution in [2.45, 2.75) is 85.2 Å². The molecule has 17 nitrogen and oxygen atoms in total. The van der Waals surface area contributed by atoms with Crippen molar-refractivity contribution in [3.8, 4) is 16.9 Å². The summed E-state index contributed by atoms with van der Waals surface area (Å²) in [6.45, 7) is 13.8. The molecule has 0 spiro atoms. The number of hydrogen-bond acceptors (Lipinski definition) is 14. The zero-order valence-electron chi connectivity index (χ0n) is 35.3. The van der Waals surface area contributed by atoms with Crippen LogP contribution < -0.4 is 20.7 Å². The fraction of sp³-hybridized carbons (Fsp3) is 0.409. The van der Waals surface area contributed by atoms with Crippen molar-refractivity contribution >= 4 is 53.4 Å². The number of methoxy groups -OCH3 is 1. The lowest BCUT2D eigenvalue weighted by Crippen LogP contribution is -2.33. The van der Waals surface area contributed by atoms with Crippen LogP contribution >= 0.6 is 0 Å². The van der Waals surface area contributed by atoms with Crippen molar-refractivity contribution in [2.24, 2.45) is 11.8 Å². The molecule has 1 saturated carbocycles. The van der Waals surface area contributed by atoms with Gasteiger partial charge in [0, 0.05) is 47.0 Å². The zero-order chi connectivity index (χ0) is 45.0. The molecule has 1 heterocycles. The van der Waals surface area contributed by atoms with E-state index in [-0.39, 0.29) is 58.9 Å². The summed E-state index contributed by atoms with van der Waals surface area (Å²) in [7, 11) is 1.42. The molecule has 2 atom stereocenters. The highest BCUT2D eigenvalue weighted by atomic mass is 16.7. The van der Waals surface area contributed by atoms with Gasteiger partial charge in [-0.05, 0) is 101 Å². The maximum atomic E-state index is 14.1. The minimum atomic E-state index is -1.37. The SMILES string of the molecule is C=Cc1cc(C(=O)Nc2ccc(C(=N)NC(=O)OCCCC(O)C(=O)OC(C)(C)C)cc2)c(-c2ccc(C(=O)NCC3CC3)nc2C(=O)OC(C)OC(=O)C(C)C)cc1OC. The summed E-state index contributed by atoms with van der Waals surface area (Å²) in [6, 6.07) is 11.9. The first-order valence-corrected chi connectivity index (χ1v) is 19.7. The number of anilines is 1. The Morgan fingerprint density at radius 1 is 0.951 bits per heavy atom. The van der Waals surface area contributed by atoms with Crippen LogP contribution in [0.2, 0.25) is 0 Å². The number of amides is 3. The van der Waals surface area contributed by atoms with E-state index in [1.54, 1.807) is 34.6 Å². The quantitative estimate of drug-likeness (QED) is 0.0246. The summed E-state index contributed by atoms with van der Waals surface area (Å²) in [6.07, 6.45) is 0.0506. The van der Waals surface area contributed by atoms with Crippen LogP contribution in [0.1, 0.15) is 110 Å². The summed E-state index contributed by atoms with van der Waals surface area (Å²) in [4.78, 5) is 81.8. The number of nitrogens with zero attached hydrogens (tertiary/aromatic N) is 1. The minimum Gasteiger partial charge on any atom is -0.496 e. The van der Waals surface area contributed by atoms with Crippen LogP contribution in [0.3, 0.4) is 0 Å². The molecular formula is C44H53N5O12. The Morgan fingerprint density at radius 2 is 1.64 bits per heavy atom. The van der Waals surface area contributed by atoms with Gasteiger partial charge < -0.3 is 39.4 Å². The monoisotopic (exact) mass is 843 g/mol. The Morgan fingerprint density at radius 3 is 2.25 bits per heavy atom. The van der Waals surface area contributed by atoms with Crippen LogP contribution in [0, 0.1) is 17.2 Å². The Kier molecular flexibility index (Phi) is 16.3. The predicted octanol–water partition coefficient (Wildman–Crippen LogP) is 6.03. The lowest BCUT2D eigenvalue weighted by atomic mass is 9.94. The van der Waals surface area contributed by atoms with Gasteiger partial charge in [-0.1, -0.05) is 26.5 Å². The first-order chi connectivity index (χ1) is 28.8. The topological polar surface area (TPSA) is 242 Å². The Hall–Kier alpha value is -6.62. The second-order valence-electron chi connectivity index (χ2n) is 15.5. The third kappa shape index (κ3) is 14.0. The van der Waals surface area contributed by atoms with Crippen LogP contribution in [0.15, 0.2) is 55.1 Å². The fourth-order valence-corrected chi connectivity index (χ4v) is 5.54. The van der Waals surface area contributed by atoms with Crippen LogP contribution in [0.4, 0.5) is 10.5 Å². The van der Waals surface area contributed by atoms with E-state index in [0.717, 1.165) is 12.8 Å². The first-order valence-electron chi connectivity index (χ1n) is 19.7. The smallest absolute Gasteiger partial charge is 0.412 e. The summed E-state index contributed by atoms with van der Waals surface area (Å²) < 4.78 is 26.5. The molecular weight excluding hydrogens is 791 g/mol. The molecule has 1 aliphatic carbocycles. The van der Waals surface area contributed by atoms with Crippen molar-refractivity contribution < 1.29 is 57.6 Å². The molecule has 0 radical (unpaired) electrons. The normalized spacial score (nSPS) is 13.2. The number of carbonyl (C=O) groups is 6. The van der Waals surface area contributed by atoms with Crippen molar-refractivity contribution in [3.63, 3.8) is 0 Å². The molecule has 326 valence electrons. The number of esters is 3. The number of rotatable bonds is 18. The van der Waals surface area contributed by atoms with Crippen LogP contribution in [0.5, 0.6) is 5.75 Å². The highest BCUT2D eigenvalue weighted by Crippen LogP contribution is 2.35. The average molecular weight is 844 g/mol. The highest BCUT2D eigenvalue weighted by Gasteiger charge is 2.28. The number of nitrogens with one attached hydrogen (secondary N) is 4. The summed E-state index contributed by atoms with van der Waals surface area (Å²) >= 11 is 0. The molecule has 1 aromatic heterocycles. The minimum absolute atomic E-state index is 0.00605. The lowest BCUT2D eigenvalue weighted by molar-refractivity contribution is -0.169. The highest BCUT2D eigenvalue weighted by molar-refractivity contribution is 6.11. The predicted molar refractivity (Wildman–Crippen MR) is 224 cm³/mol. The average Bonchev–Trinajstić information content (AvgIpc) is 4.05. The van der Waals surface area contributed by atoms with Gasteiger partial charge in [-0.2, -0.15) is 0 Å².